The molecule has 2 aromatic rings. The topological polar surface area (TPSA) is 34.2 Å². The van der Waals surface area contributed by atoms with Gasteiger partial charge in [0.05, 0.1) is 6.61 Å². The zero-order valence-electron chi connectivity index (χ0n) is 12.4. The van der Waals surface area contributed by atoms with E-state index in [0.717, 1.165) is 13.0 Å². The summed E-state index contributed by atoms with van der Waals surface area (Å²) in [6.07, 6.45) is 2.37. The number of ether oxygens (including phenoxy) is 1. The van der Waals surface area contributed by atoms with E-state index in [1.165, 1.54) is 4.88 Å². The molecular weight excluding hydrogens is 287 g/mol. The Morgan fingerprint density at radius 2 is 2.24 bits per heavy atom. The van der Waals surface area contributed by atoms with Gasteiger partial charge in [-0.3, -0.25) is 0 Å². The van der Waals surface area contributed by atoms with E-state index in [2.05, 4.69) is 24.1 Å². The molecule has 0 amide bonds. The number of aromatic nitrogens is 1. The Hall–Kier alpha value is -1.46. The van der Waals surface area contributed by atoms with Gasteiger partial charge < -0.3 is 10.1 Å². The molecule has 2 aromatic heterocycles. The first-order chi connectivity index (χ1) is 10.2. The highest BCUT2D eigenvalue weighted by molar-refractivity contribution is 7.09. The van der Waals surface area contributed by atoms with Crippen LogP contribution >= 0.6 is 11.3 Å². The number of pyridine rings is 1. The maximum Gasteiger partial charge on any atom is 0.250 e. The molecule has 1 N–H and O–H groups in total. The summed E-state index contributed by atoms with van der Waals surface area (Å²) in [5.74, 6) is 0.270. The van der Waals surface area contributed by atoms with Crippen LogP contribution in [0.4, 0.5) is 4.39 Å². The molecule has 0 aliphatic carbocycles. The first kappa shape index (κ1) is 15.9. The number of thiophene rings is 1. The zero-order chi connectivity index (χ0) is 15.1. The predicted octanol–water partition coefficient (Wildman–Crippen LogP) is 3.65. The second-order valence-electron chi connectivity index (χ2n) is 5.29. The third-order valence-electron chi connectivity index (χ3n) is 2.97. The van der Waals surface area contributed by atoms with Gasteiger partial charge in [0.2, 0.25) is 0 Å². The van der Waals surface area contributed by atoms with Gasteiger partial charge in [-0.25, -0.2) is 9.37 Å². The highest BCUT2D eigenvalue weighted by Crippen LogP contribution is 2.18. The molecule has 114 valence electrons. The lowest BCUT2D eigenvalue weighted by Gasteiger charge is -2.10. The first-order valence-corrected chi connectivity index (χ1v) is 8.04. The molecule has 0 atom stereocenters. The molecule has 0 radical (unpaired) electrons. The molecule has 0 spiro atoms. The fourth-order valence-electron chi connectivity index (χ4n) is 1.90. The number of nitrogens with one attached hydrogen (secondary N) is 1. The van der Waals surface area contributed by atoms with E-state index in [1.807, 2.05) is 17.5 Å². The van der Waals surface area contributed by atoms with E-state index in [4.69, 9.17) is 4.74 Å². The van der Waals surface area contributed by atoms with Crippen LogP contribution in [0, 0.1) is 11.7 Å². The van der Waals surface area contributed by atoms with Crippen molar-refractivity contribution in [2.24, 2.45) is 5.92 Å². The van der Waals surface area contributed by atoms with E-state index in [0.29, 0.717) is 24.6 Å². The summed E-state index contributed by atoms with van der Waals surface area (Å²) in [5, 5.41) is 5.25. The maximum absolute atomic E-state index is 14.2. The van der Waals surface area contributed by atoms with Gasteiger partial charge in [-0.2, -0.15) is 0 Å². The number of hydrogen-bond acceptors (Lipinski definition) is 4. The van der Waals surface area contributed by atoms with Crippen LogP contribution in [-0.2, 0) is 13.0 Å². The molecule has 0 aromatic carbocycles. The lowest BCUT2D eigenvalue weighted by molar-refractivity contribution is 0.291. The predicted molar refractivity (Wildman–Crippen MR) is 84.3 cm³/mol. The molecule has 5 heteroatoms. The zero-order valence-corrected chi connectivity index (χ0v) is 13.3. The fourth-order valence-corrected chi connectivity index (χ4v) is 2.59. The molecule has 0 bridgehead atoms. The molecule has 21 heavy (non-hydrogen) atoms. The number of rotatable bonds is 8. The quantitative estimate of drug-likeness (QED) is 0.808. The first-order valence-electron chi connectivity index (χ1n) is 7.16. The average molecular weight is 308 g/mol. The molecule has 0 aliphatic heterocycles. The molecular formula is C16H21FN2OS. The summed E-state index contributed by atoms with van der Waals surface area (Å²) in [6, 6.07) is 5.73. The van der Waals surface area contributed by atoms with Crippen LogP contribution in [-0.4, -0.2) is 18.1 Å². The fraction of sp³-hybridized carbons (Fsp3) is 0.438. The van der Waals surface area contributed by atoms with Gasteiger partial charge in [0.25, 0.3) is 5.88 Å². The molecule has 0 saturated carbocycles. The lowest BCUT2D eigenvalue weighted by Crippen LogP contribution is -2.20. The van der Waals surface area contributed by atoms with Gasteiger partial charge in [-0.15, -0.1) is 11.3 Å². The van der Waals surface area contributed by atoms with Gasteiger partial charge in [0, 0.05) is 29.6 Å². The van der Waals surface area contributed by atoms with Crippen molar-refractivity contribution in [3.05, 3.63) is 46.0 Å². The van der Waals surface area contributed by atoms with Crippen molar-refractivity contribution in [1.82, 2.24) is 10.3 Å². The number of nitrogens with zero attached hydrogens (tertiary/aromatic N) is 1. The summed E-state index contributed by atoms with van der Waals surface area (Å²) < 4.78 is 19.7. The van der Waals surface area contributed by atoms with Crippen LogP contribution < -0.4 is 10.1 Å². The highest BCUT2D eigenvalue weighted by atomic mass is 32.1. The third-order valence-corrected chi connectivity index (χ3v) is 3.91. The third kappa shape index (κ3) is 5.10. The SMILES string of the molecule is CC(C)CNCc1ccnc(OCCc2cccs2)c1F. The second kappa shape index (κ2) is 8.10. The second-order valence-corrected chi connectivity index (χ2v) is 6.32. The van der Waals surface area contributed by atoms with Gasteiger partial charge in [-0.1, -0.05) is 19.9 Å². The highest BCUT2D eigenvalue weighted by Gasteiger charge is 2.10. The van der Waals surface area contributed by atoms with Gasteiger partial charge in [0.1, 0.15) is 0 Å². The average Bonchev–Trinajstić information content (AvgIpc) is 2.95. The summed E-state index contributed by atoms with van der Waals surface area (Å²) in [6.45, 7) is 6.03. The van der Waals surface area contributed by atoms with Crippen LogP contribution in [0.15, 0.2) is 29.8 Å². The number of hydrogen-bond donors (Lipinski definition) is 1. The van der Waals surface area contributed by atoms with Crippen molar-refractivity contribution >= 4 is 11.3 Å². The Labute approximate surface area is 129 Å². The minimum absolute atomic E-state index is 0.0930. The van der Waals surface area contributed by atoms with Crippen molar-refractivity contribution < 1.29 is 9.13 Å². The van der Waals surface area contributed by atoms with Crippen molar-refractivity contribution in [3.63, 3.8) is 0 Å². The van der Waals surface area contributed by atoms with Gasteiger partial charge in [0.15, 0.2) is 5.82 Å². The number of halogens is 1. The molecule has 2 heterocycles. The van der Waals surface area contributed by atoms with Gasteiger partial charge >= 0.3 is 0 Å². The monoisotopic (exact) mass is 308 g/mol. The molecule has 2 rings (SSSR count). The Kier molecular flexibility index (Phi) is 6.14. The van der Waals surface area contributed by atoms with E-state index in [1.54, 1.807) is 23.6 Å². The molecule has 0 fully saturated rings. The van der Waals surface area contributed by atoms with Crippen molar-refractivity contribution in [2.75, 3.05) is 13.2 Å². The summed E-state index contributed by atoms with van der Waals surface area (Å²) >= 11 is 1.68. The minimum Gasteiger partial charge on any atom is -0.475 e. The summed E-state index contributed by atoms with van der Waals surface area (Å²) in [4.78, 5) is 5.21. The molecule has 0 aliphatic rings. The summed E-state index contributed by atoms with van der Waals surface area (Å²) in [5.41, 5.74) is 0.594. The maximum atomic E-state index is 14.2. The smallest absolute Gasteiger partial charge is 0.250 e. The summed E-state index contributed by atoms with van der Waals surface area (Å²) in [7, 11) is 0. The standard InChI is InChI=1S/C16H21FN2OS/c1-12(2)10-18-11-13-5-7-19-16(15(13)17)20-8-6-14-4-3-9-21-14/h3-5,7,9,12,18H,6,8,10-11H2,1-2H3. The van der Waals surface area contributed by atoms with Crippen molar-refractivity contribution in [2.45, 2.75) is 26.8 Å². The van der Waals surface area contributed by atoms with E-state index >= 15 is 0 Å². The van der Waals surface area contributed by atoms with Crippen LogP contribution in [0.1, 0.15) is 24.3 Å². The Balaban J connectivity index is 1.87. The van der Waals surface area contributed by atoms with Gasteiger partial charge in [-0.05, 0) is 30.0 Å². The largest absolute Gasteiger partial charge is 0.475 e. The Bertz CT molecular complexity index is 543. The van der Waals surface area contributed by atoms with Crippen molar-refractivity contribution in [3.8, 4) is 5.88 Å². The van der Waals surface area contributed by atoms with E-state index in [-0.39, 0.29) is 11.7 Å². The van der Waals surface area contributed by atoms with Crippen LogP contribution in [0.3, 0.4) is 0 Å². The normalized spacial score (nSPS) is 11.0. The van der Waals surface area contributed by atoms with Crippen LogP contribution in [0.5, 0.6) is 5.88 Å². The lowest BCUT2D eigenvalue weighted by atomic mass is 10.2. The Morgan fingerprint density at radius 1 is 1.38 bits per heavy atom. The van der Waals surface area contributed by atoms with Crippen LogP contribution in [0.25, 0.3) is 0 Å². The molecule has 3 nitrogen and oxygen atoms in total. The molecule has 0 saturated heterocycles. The Morgan fingerprint density at radius 3 is 2.95 bits per heavy atom. The van der Waals surface area contributed by atoms with Crippen molar-refractivity contribution in [1.29, 1.82) is 0 Å². The van der Waals surface area contributed by atoms with Crippen LogP contribution in [0.2, 0.25) is 0 Å². The van der Waals surface area contributed by atoms with E-state index in [9.17, 15) is 4.39 Å². The van der Waals surface area contributed by atoms with E-state index < -0.39 is 0 Å². The molecule has 0 unspecified atom stereocenters. The minimum atomic E-state index is -0.361.